The number of pyridine rings is 1. The van der Waals surface area contributed by atoms with Crippen LogP contribution in [0.3, 0.4) is 0 Å². The number of aromatic nitrogens is 2. The summed E-state index contributed by atoms with van der Waals surface area (Å²) in [6.45, 7) is -0.592. The van der Waals surface area contributed by atoms with Crippen LogP contribution >= 0.6 is 11.6 Å². The van der Waals surface area contributed by atoms with Gasteiger partial charge >= 0.3 is 6.18 Å². The second-order valence-electron chi connectivity index (χ2n) is 7.89. The minimum absolute atomic E-state index is 0.0251. The van der Waals surface area contributed by atoms with E-state index in [1.54, 1.807) is 0 Å². The first kappa shape index (κ1) is 25.5. The number of amides is 1. The highest BCUT2D eigenvalue weighted by Gasteiger charge is 2.32. The van der Waals surface area contributed by atoms with Crippen LogP contribution in [0.15, 0.2) is 59.5 Å². The van der Waals surface area contributed by atoms with E-state index in [9.17, 15) is 35.6 Å². The van der Waals surface area contributed by atoms with E-state index in [1.807, 2.05) is 4.72 Å². The van der Waals surface area contributed by atoms with E-state index in [1.165, 1.54) is 36.5 Å². The molecule has 0 radical (unpaired) electrons. The zero-order chi connectivity index (χ0) is 26.4. The molecule has 2 aromatic carbocycles. The Morgan fingerprint density at radius 1 is 1.14 bits per heavy atom. The Bertz CT molecular complexity index is 1680. The molecule has 0 atom stereocenters. The van der Waals surface area contributed by atoms with Gasteiger partial charge in [-0.1, -0.05) is 11.6 Å². The molecule has 2 aromatic heterocycles. The van der Waals surface area contributed by atoms with E-state index < -0.39 is 51.2 Å². The average molecular weight is 542 g/mol. The summed E-state index contributed by atoms with van der Waals surface area (Å²) in [5.74, 6) is -2.15. The lowest BCUT2D eigenvalue weighted by Crippen LogP contribution is -2.32. The summed E-state index contributed by atoms with van der Waals surface area (Å²) in [5.41, 5.74) is -2.40. The van der Waals surface area contributed by atoms with Gasteiger partial charge in [0.1, 0.15) is 11.5 Å². The number of alkyl halides is 3. The van der Waals surface area contributed by atoms with E-state index >= 15 is 0 Å². The minimum Gasteiger partial charge on any atom is -0.331 e. The Morgan fingerprint density at radius 3 is 2.50 bits per heavy atom. The third-order valence-corrected chi connectivity index (χ3v) is 6.10. The van der Waals surface area contributed by atoms with Crippen LogP contribution in [-0.2, 0) is 22.7 Å². The molecule has 7 nitrogen and oxygen atoms in total. The van der Waals surface area contributed by atoms with Crippen molar-refractivity contribution in [2.75, 3.05) is 6.26 Å². The van der Waals surface area contributed by atoms with Crippen molar-refractivity contribution in [3.8, 4) is 11.1 Å². The van der Waals surface area contributed by atoms with Crippen LogP contribution in [0.1, 0.15) is 21.6 Å². The molecule has 4 rings (SSSR count). The Labute approximate surface area is 206 Å². The van der Waals surface area contributed by atoms with E-state index in [0.29, 0.717) is 18.2 Å². The molecule has 0 aliphatic carbocycles. The average Bonchev–Trinajstić information content (AvgIpc) is 3.06. The highest BCUT2D eigenvalue weighted by atomic mass is 35.5. The number of fused-ring (bicyclic) bond motifs is 1. The van der Waals surface area contributed by atoms with Crippen molar-refractivity contribution in [3.05, 3.63) is 92.7 Å². The van der Waals surface area contributed by atoms with Crippen molar-refractivity contribution < 1.29 is 30.8 Å². The predicted octanol–water partition coefficient (Wildman–Crippen LogP) is 4.55. The quantitative estimate of drug-likeness (QED) is 0.362. The van der Waals surface area contributed by atoms with Gasteiger partial charge in [0, 0.05) is 38.8 Å². The fourth-order valence-corrected chi connectivity index (χ4v) is 4.48. The van der Waals surface area contributed by atoms with Gasteiger partial charge < -0.3 is 9.55 Å². The maximum Gasteiger partial charge on any atom is 0.416 e. The summed E-state index contributed by atoms with van der Waals surface area (Å²) >= 11 is 6.15. The predicted molar refractivity (Wildman–Crippen MR) is 126 cm³/mol. The number of rotatable bonds is 5. The molecule has 188 valence electrons. The molecule has 13 heteroatoms. The number of hydrogen-bond acceptors (Lipinski definition) is 4. The zero-order valence-corrected chi connectivity index (χ0v) is 19.9. The number of halogens is 5. The summed E-state index contributed by atoms with van der Waals surface area (Å²) in [5, 5.41) is 0.429. The number of sulfonamides is 1. The van der Waals surface area contributed by atoms with Gasteiger partial charge in [-0.15, -0.1) is 0 Å². The van der Waals surface area contributed by atoms with Crippen LogP contribution in [0.25, 0.3) is 22.0 Å². The molecule has 2 heterocycles. The number of nitrogens with zero attached hydrogens (tertiary/aromatic N) is 1. The first-order valence-corrected chi connectivity index (χ1v) is 12.4. The van der Waals surface area contributed by atoms with Crippen LogP contribution in [0.5, 0.6) is 0 Å². The highest BCUT2D eigenvalue weighted by Crippen LogP contribution is 2.37. The molecule has 36 heavy (non-hydrogen) atoms. The lowest BCUT2D eigenvalue weighted by Gasteiger charge is -2.14. The monoisotopic (exact) mass is 541 g/mol. The van der Waals surface area contributed by atoms with Gasteiger partial charge in [0.15, 0.2) is 0 Å². The van der Waals surface area contributed by atoms with Crippen LogP contribution in [0, 0.1) is 5.82 Å². The van der Waals surface area contributed by atoms with Crippen LogP contribution in [0.2, 0.25) is 5.02 Å². The van der Waals surface area contributed by atoms with Crippen molar-refractivity contribution in [3.63, 3.8) is 0 Å². The molecule has 0 aliphatic heterocycles. The van der Waals surface area contributed by atoms with E-state index in [2.05, 4.69) is 4.98 Å². The van der Waals surface area contributed by atoms with E-state index in [0.717, 1.165) is 10.8 Å². The molecular formula is C23H16ClF4N3O4S. The first-order chi connectivity index (χ1) is 16.8. The van der Waals surface area contributed by atoms with Crippen LogP contribution < -0.4 is 10.3 Å². The van der Waals surface area contributed by atoms with Crippen molar-refractivity contribution in [2.24, 2.45) is 0 Å². The van der Waals surface area contributed by atoms with Crippen molar-refractivity contribution in [1.82, 2.24) is 14.3 Å². The smallest absolute Gasteiger partial charge is 0.331 e. The molecule has 0 fully saturated rings. The molecule has 0 unspecified atom stereocenters. The third kappa shape index (κ3) is 5.00. The van der Waals surface area contributed by atoms with Crippen molar-refractivity contribution in [2.45, 2.75) is 12.7 Å². The molecule has 0 bridgehead atoms. The highest BCUT2D eigenvalue weighted by molar-refractivity contribution is 7.89. The first-order valence-electron chi connectivity index (χ1n) is 10.1. The third-order valence-electron chi connectivity index (χ3n) is 5.31. The molecule has 0 saturated carbocycles. The molecular weight excluding hydrogens is 526 g/mol. The lowest BCUT2D eigenvalue weighted by molar-refractivity contribution is -0.137. The number of carbonyl (C=O) groups is 1. The van der Waals surface area contributed by atoms with Gasteiger partial charge in [0.25, 0.3) is 11.5 Å². The van der Waals surface area contributed by atoms with Gasteiger partial charge in [-0.25, -0.2) is 17.5 Å². The number of carbonyl (C=O) groups excluding carboxylic acids is 1. The molecule has 0 saturated heterocycles. The van der Waals surface area contributed by atoms with Crippen molar-refractivity contribution in [1.29, 1.82) is 0 Å². The van der Waals surface area contributed by atoms with Gasteiger partial charge in [0.2, 0.25) is 10.0 Å². The number of benzene rings is 2. The van der Waals surface area contributed by atoms with Gasteiger partial charge in [-0.3, -0.25) is 9.59 Å². The lowest BCUT2D eigenvalue weighted by atomic mass is 10.0. The Hall–Kier alpha value is -3.64. The standard InChI is InChI=1S/C23H16ClF4N3O4S/c1-36(34,35)30-22(33)20-19(15-3-2-8-29-21(15)32)16-10-14(24)5-7-18(16)31(20)11-12-9-13(23(26,27)28)4-6-17(12)25/h2-10H,11H2,1H3,(H,29,32)(H,30,33). The fraction of sp³-hybridized carbons (Fsp3) is 0.130. The molecule has 2 N–H and O–H groups in total. The zero-order valence-electron chi connectivity index (χ0n) is 18.3. The number of H-pyrrole nitrogens is 1. The summed E-state index contributed by atoms with van der Waals surface area (Å²) in [7, 11) is -4.10. The van der Waals surface area contributed by atoms with E-state index in [4.69, 9.17) is 11.6 Å². The normalized spacial score (nSPS) is 12.2. The molecule has 0 aliphatic rings. The minimum atomic E-state index is -4.76. The van der Waals surface area contributed by atoms with Gasteiger partial charge in [0.05, 0.1) is 18.4 Å². The number of hydrogen-bond donors (Lipinski definition) is 2. The summed E-state index contributed by atoms with van der Waals surface area (Å²) in [6, 6.07) is 8.95. The fourth-order valence-electron chi connectivity index (χ4n) is 3.88. The second kappa shape index (κ2) is 9.10. The molecule has 1 amide bonds. The van der Waals surface area contributed by atoms with E-state index in [-0.39, 0.29) is 32.7 Å². The topological polar surface area (TPSA) is 101 Å². The van der Waals surface area contributed by atoms with Crippen LogP contribution in [0.4, 0.5) is 17.6 Å². The number of aromatic amines is 1. The van der Waals surface area contributed by atoms with Crippen molar-refractivity contribution >= 4 is 38.4 Å². The van der Waals surface area contributed by atoms with Gasteiger partial charge in [-0.2, -0.15) is 13.2 Å². The molecule has 0 spiro atoms. The molecule has 4 aromatic rings. The summed E-state index contributed by atoms with van der Waals surface area (Å²) < 4.78 is 81.2. The summed E-state index contributed by atoms with van der Waals surface area (Å²) in [6.07, 6.45) is -2.68. The SMILES string of the molecule is CS(=O)(=O)NC(=O)c1c(-c2ccc[nH]c2=O)c2cc(Cl)ccc2n1Cc1cc(C(F)(F)F)ccc1F. The number of nitrogens with one attached hydrogen (secondary N) is 2. The maximum absolute atomic E-state index is 14.7. The second-order valence-corrected chi connectivity index (χ2v) is 10.1. The Morgan fingerprint density at radius 2 is 1.86 bits per heavy atom. The largest absolute Gasteiger partial charge is 0.416 e. The summed E-state index contributed by atoms with van der Waals surface area (Å²) in [4.78, 5) is 28.3. The van der Waals surface area contributed by atoms with Crippen LogP contribution in [-0.4, -0.2) is 30.1 Å². The Balaban J connectivity index is 2.08. The Kier molecular flexibility index (Phi) is 6.43. The van der Waals surface area contributed by atoms with Gasteiger partial charge in [-0.05, 0) is 48.5 Å². The maximum atomic E-state index is 14.7.